The first kappa shape index (κ1) is 14.1. The van der Waals surface area contributed by atoms with Gasteiger partial charge in [0, 0.05) is 20.2 Å². The number of hydrogen-bond acceptors (Lipinski definition) is 4. The first-order valence-electron chi connectivity index (χ1n) is 5.77. The zero-order valence-corrected chi connectivity index (χ0v) is 12.0. The van der Waals surface area contributed by atoms with Crippen LogP contribution in [0.1, 0.15) is 5.69 Å². The smallest absolute Gasteiger partial charge is 0.137 e. The highest BCUT2D eigenvalue weighted by Crippen LogP contribution is 2.18. The van der Waals surface area contributed by atoms with Gasteiger partial charge in [0.2, 0.25) is 0 Å². The average Bonchev–Trinajstić information content (AvgIpc) is 2.87. The molecule has 1 N–H and O–H groups in total. The fourth-order valence-corrected chi connectivity index (χ4v) is 1.89. The van der Waals surface area contributed by atoms with Crippen molar-refractivity contribution in [2.45, 2.75) is 6.54 Å². The van der Waals surface area contributed by atoms with Crippen LogP contribution in [0.15, 0.2) is 28.9 Å². The van der Waals surface area contributed by atoms with Gasteiger partial charge in [-0.1, -0.05) is 5.21 Å². The van der Waals surface area contributed by atoms with Crippen molar-refractivity contribution in [1.82, 2.24) is 20.3 Å². The van der Waals surface area contributed by atoms with Crippen molar-refractivity contribution in [3.8, 4) is 5.69 Å². The number of methoxy groups -OCH3 is 1. The number of ether oxygens (including phenoxy) is 1. The summed E-state index contributed by atoms with van der Waals surface area (Å²) in [6.45, 7) is 2.02. The molecule has 0 unspecified atom stereocenters. The molecule has 5 nitrogen and oxygen atoms in total. The number of rotatable bonds is 6. The fraction of sp³-hybridized carbons (Fsp3) is 0.333. The molecule has 1 heterocycles. The molecular weight excluding hydrogens is 315 g/mol. The minimum atomic E-state index is -0.301. The van der Waals surface area contributed by atoms with Gasteiger partial charge >= 0.3 is 0 Å². The molecule has 102 valence electrons. The summed E-state index contributed by atoms with van der Waals surface area (Å²) in [5.41, 5.74) is 1.57. The van der Waals surface area contributed by atoms with Crippen molar-refractivity contribution in [1.29, 1.82) is 0 Å². The minimum Gasteiger partial charge on any atom is -0.383 e. The third-order valence-corrected chi connectivity index (χ3v) is 3.11. The highest BCUT2D eigenvalue weighted by molar-refractivity contribution is 9.10. The van der Waals surface area contributed by atoms with Crippen LogP contribution in [0.2, 0.25) is 0 Å². The van der Waals surface area contributed by atoms with Crippen LogP contribution in [0.5, 0.6) is 0 Å². The van der Waals surface area contributed by atoms with Gasteiger partial charge < -0.3 is 10.1 Å². The van der Waals surface area contributed by atoms with Crippen LogP contribution in [0, 0.1) is 5.82 Å². The summed E-state index contributed by atoms with van der Waals surface area (Å²) in [6, 6.07) is 4.70. The molecule has 0 aliphatic rings. The van der Waals surface area contributed by atoms with Crippen LogP contribution in [0.25, 0.3) is 5.69 Å². The van der Waals surface area contributed by atoms with Crippen molar-refractivity contribution in [2.75, 3.05) is 20.3 Å². The summed E-state index contributed by atoms with van der Waals surface area (Å²) in [5, 5.41) is 11.2. The summed E-state index contributed by atoms with van der Waals surface area (Å²) >= 11 is 3.15. The van der Waals surface area contributed by atoms with Gasteiger partial charge in [0.1, 0.15) is 5.82 Å². The lowest BCUT2D eigenvalue weighted by atomic mass is 10.3. The van der Waals surface area contributed by atoms with E-state index < -0.39 is 0 Å². The summed E-state index contributed by atoms with van der Waals surface area (Å²) in [7, 11) is 1.66. The molecule has 0 fully saturated rings. The van der Waals surface area contributed by atoms with Crippen LogP contribution in [0.3, 0.4) is 0 Å². The lowest BCUT2D eigenvalue weighted by Crippen LogP contribution is -2.18. The molecule has 0 atom stereocenters. The van der Waals surface area contributed by atoms with Gasteiger partial charge in [0.15, 0.2) is 0 Å². The second kappa shape index (κ2) is 6.74. The molecule has 0 aliphatic heterocycles. The van der Waals surface area contributed by atoms with E-state index in [9.17, 15) is 4.39 Å². The quantitative estimate of drug-likeness (QED) is 0.823. The van der Waals surface area contributed by atoms with Gasteiger partial charge in [-0.3, -0.25) is 0 Å². The van der Waals surface area contributed by atoms with Crippen molar-refractivity contribution < 1.29 is 9.13 Å². The largest absolute Gasteiger partial charge is 0.383 e. The van der Waals surface area contributed by atoms with Crippen LogP contribution in [-0.4, -0.2) is 35.3 Å². The van der Waals surface area contributed by atoms with Crippen LogP contribution in [0.4, 0.5) is 4.39 Å². The molecule has 0 spiro atoms. The Morgan fingerprint density at radius 3 is 3.05 bits per heavy atom. The molecule has 0 amide bonds. The molecule has 1 aromatic carbocycles. The van der Waals surface area contributed by atoms with Crippen molar-refractivity contribution in [3.63, 3.8) is 0 Å². The Bertz CT molecular complexity index is 546. The third kappa shape index (κ3) is 3.82. The van der Waals surface area contributed by atoms with Gasteiger partial charge in [0.25, 0.3) is 0 Å². The number of nitrogens with one attached hydrogen (secondary N) is 1. The molecular formula is C12H14BrFN4O. The van der Waals surface area contributed by atoms with Crippen LogP contribution >= 0.6 is 15.9 Å². The zero-order chi connectivity index (χ0) is 13.7. The van der Waals surface area contributed by atoms with Gasteiger partial charge in [-0.2, -0.15) is 0 Å². The molecule has 7 heteroatoms. The Labute approximate surface area is 118 Å². The van der Waals surface area contributed by atoms with E-state index in [4.69, 9.17) is 4.74 Å². The number of hydrogen-bond donors (Lipinski definition) is 1. The molecule has 0 aliphatic carbocycles. The molecule has 0 saturated heterocycles. The summed E-state index contributed by atoms with van der Waals surface area (Å²) < 4.78 is 20.1. The normalized spacial score (nSPS) is 10.9. The van der Waals surface area contributed by atoms with Gasteiger partial charge in [-0.25, -0.2) is 9.07 Å². The minimum absolute atomic E-state index is 0.301. The maximum atomic E-state index is 13.1. The van der Waals surface area contributed by atoms with E-state index in [1.807, 2.05) is 0 Å². The summed E-state index contributed by atoms with van der Waals surface area (Å²) in [4.78, 5) is 0. The standard InChI is InChI=1S/C12H14BrFN4O/c1-19-5-4-15-7-9-8-18(17-16-9)10-2-3-12(14)11(13)6-10/h2-3,6,8,15H,4-5,7H2,1H3. The lowest BCUT2D eigenvalue weighted by Gasteiger charge is -2.01. The predicted molar refractivity (Wildman–Crippen MR) is 72.6 cm³/mol. The summed E-state index contributed by atoms with van der Waals surface area (Å²) in [5.74, 6) is -0.301. The van der Waals surface area contributed by atoms with Gasteiger partial charge in [-0.15, -0.1) is 5.10 Å². The van der Waals surface area contributed by atoms with Crippen LogP contribution < -0.4 is 5.32 Å². The number of halogens is 2. The molecule has 1 aromatic heterocycles. The van der Waals surface area contributed by atoms with Crippen LogP contribution in [-0.2, 0) is 11.3 Å². The second-order valence-corrected chi connectivity index (χ2v) is 4.78. The SMILES string of the molecule is COCCNCc1cn(-c2ccc(F)c(Br)c2)nn1. The Morgan fingerprint density at radius 2 is 2.32 bits per heavy atom. The van der Waals surface area contributed by atoms with E-state index >= 15 is 0 Å². The Hall–Kier alpha value is -1.31. The highest BCUT2D eigenvalue weighted by atomic mass is 79.9. The van der Waals surface area contributed by atoms with Crippen molar-refractivity contribution >= 4 is 15.9 Å². The fourth-order valence-electron chi connectivity index (χ4n) is 1.52. The summed E-state index contributed by atoms with van der Waals surface area (Å²) in [6.07, 6.45) is 1.81. The average molecular weight is 329 g/mol. The Kier molecular flexibility index (Phi) is 5.00. The number of benzene rings is 1. The van der Waals surface area contributed by atoms with Gasteiger partial charge in [-0.05, 0) is 34.1 Å². The molecule has 0 saturated carbocycles. The molecule has 0 bridgehead atoms. The maximum Gasteiger partial charge on any atom is 0.137 e. The predicted octanol–water partition coefficient (Wildman–Crippen LogP) is 1.90. The maximum absolute atomic E-state index is 13.1. The van der Waals surface area contributed by atoms with E-state index in [1.165, 1.54) is 6.07 Å². The molecule has 2 aromatic rings. The Balaban J connectivity index is 2.01. The number of nitrogens with zero attached hydrogens (tertiary/aromatic N) is 3. The second-order valence-electron chi connectivity index (χ2n) is 3.92. The highest BCUT2D eigenvalue weighted by Gasteiger charge is 2.05. The third-order valence-electron chi connectivity index (χ3n) is 2.50. The lowest BCUT2D eigenvalue weighted by molar-refractivity contribution is 0.199. The zero-order valence-electron chi connectivity index (χ0n) is 10.4. The Morgan fingerprint density at radius 1 is 1.47 bits per heavy atom. The molecule has 0 radical (unpaired) electrons. The van der Waals surface area contributed by atoms with E-state index in [-0.39, 0.29) is 5.82 Å². The topological polar surface area (TPSA) is 52.0 Å². The van der Waals surface area contributed by atoms with E-state index in [2.05, 4.69) is 31.6 Å². The van der Waals surface area contributed by atoms with Crippen molar-refractivity contribution in [2.24, 2.45) is 0 Å². The first-order valence-corrected chi connectivity index (χ1v) is 6.56. The van der Waals surface area contributed by atoms with Gasteiger partial charge in [0.05, 0.1) is 28.7 Å². The van der Waals surface area contributed by atoms with E-state index in [0.29, 0.717) is 17.6 Å². The molecule has 19 heavy (non-hydrogen) atoms. The number of aromatic nitrogens is 3. The first-order chi connectivity index (χ1) is 9.20. The van der Waals surface area contributed by atoms with Crippen molar-refractivity contribution in [3.05, 3.63) is 40.4 Å². The van der Waals surface area contributed by atoms with E-state index in [0.717, 1.165) is 17.9 Å². The molecule has 2 rings (SSSR count). The van der Waals surface area contributed by atoms with E-state index in [1.54, 1.807) is 30.1 Å². The monoisotopic (exact) mass is 328 g/mol.